The zero-order valence-corrected chi connectivity index (χ0v) is 9.50. The Morgan fingerprint density at radius 1 is 1.20 bits per heavy atom. The number of aliphatic hydroxyl groups excluding tert-OH is 2. The molecule has 1 rings (SSSR count). The Balaban J connectivity index is 2.45. The van der Waals surface area contributed by atoms with Crippen LogP contribution < -0.4 is 5.32 Å². The summed E-state index contributed by atoms with van der Waals surface area (Å²) in [6, 6.07) is 0. The van der Waals surface area contributed by atoms with E-state index in [4.69, 9.17) is 0 Å². The van der Waals surface area contributed by atoms with Gasteiger partial charge in [0.1, 0.15) is 0 Å². The van der Waals surface area contributed by atoms with Gasteiger partial charge < -0.3 is 20.6 Å². The zero-order chi connectivity index (χ0) is 11.4. The van der Waals surface area contributed by atoms with Crippen LogP contribution in [-0.2, 0) is 0 Å². The quantitative estimate of drug-likeness (QED) is 0.506. The van der Waals surface area contributed by atoms with Gasteiger partial charge in [-0.25, -0.2) is 0 Å². The van der Waals surface area contributed by atoms with Crippen LogP contribution in [0.15, 0.2) is 0 Å². The van der Waals surface area contributed by atoms with Crippen molar-refractivity contribution >= 4 is 0 Å². The van der Waals surface area contributed by atoms with Gasteiger partial charge in [-0.2, -0.15) is 0 Å². The molecule has 1 aliphatic rings. The van der Waals surface area contributed by atoms with Crippen molar-refractivity contribution in [2.75, 3.05) is 19.8 Å². The molecule has 0 aromatic heterocycles. The van der Waals surface area contributed by atoms with E-state index >= 15 is 0 Å². The highest BCUT2D eigenvalue weighted by Crippen LogP contribution is 2.29. The van der Waals surface area contributed by atoms with E-state index < -0.39 is 11.1 Å². The normalized spacial score (nSPS) is 20.8. The lowest BCUT2D eigenvalue weighted by atomic mass is 9.95. The molecule has 1 saturated carbocycles. The van der Waals surface area contributed by atoms with Gasteiger partial charge in [0.15, 0.2) is 0 Å². The lowest BCUT2D eigenvalue weighted by Crippen LogP contribution is -2.55. The fourth-order valence-corrected chi connectivity index (χ4v) is 2.07. The van der Waals surface area contributed by atoms with Gasteiger partial charge in [0.25, 0.3) is 0 Å². The van der Waals surface area contributed by atoms with Crippen LogP contribution in [-0.4, -0.2) is 46.2 Å². The smallest absolute Gasteiger partial charge is 0.0771 e. The van der Waals surface area contributed by atoms with Crippen LogP contribution in [0.5, 0.6) is 0 Å². The van der Waals surface area contributed by atoms with E-state index in [0.29, 0.717) is 13.0 Å². The molecule has 4 nitrogen and oxygen atoms in total. The highest BCUT2D eigenvalue weighted by molar-refractivity contribution is 4.92. The third-order valence-corrected chi connectivity index (χ3v) is 3.61. The van der Waals surface area contributed by atoms with Gasteiger partial charge in [-0.3, -0.25) is 0 Å². The van der Waals surface area contributed by atoms with Crippen molar-refractivity contribution in [3.63, 3.8) is 0 Å². The van der Waals surface area contributed by atoms with E-state index in [9.17, 15) is 15.3 Å². The van der Waals surface area contributed by atoms with Gasteiger partial charge in [-0.05, 0) is 19.3 Å². The lowest BCUT2D eigenvalue weighted by Gasteiger charge is -2.34. The Morgan fingerprint density at radius 3 is 2.13 bits per heavy atom. The first kappa shape index (κ1) is 12.9. The largest absolute Gasteiger partial charge is 0.394 e. The molecule has 0 heterocycles. The summed E-state index contributed by atoms with van der Waals surface area (Å²) in [6.45, 7) is 2.17. The van der Waals surface area contributed by atoms with Crippen LogP contribution in [0.25, 0.3) is 0 Å². The molecule has 4 heteroatoms. The summed E-state index contributed by atoms with van der Waals surface area (Å²) in [5.74, 6) is 0. The molecule has 0 aliphatic heterocycles. The monoisotopic (exact) mass is 217 g/mol. The molecular formula is C11H23NO3. The summed E-state index contributed by atoms with van der Waals surface area (Å²) in [7, 11) is 0. The number of aliphatic hydroxyl groups is 3. The molecule has 0 bridgehead atoms. The minimum atomic E-state index is -0.641. The molecule has 0 atom stereocenters. The summed E-state index contributed by atoms with van der Waals surface area (Å²) in [5, 5.41) is 31.7. The molecule has 0 aromatic rings. The summed E-state index contributed by atoms with van der Waals surface area (Å²) < 4.78 is 0. The summed E-state index contributed by atoms with van der Waals surface area (Å²) in [5.41, 5.74) is -1.27. The third kappa shape index (κ3) is 3.14. The third-order valence-electron chi connectivity index (χ3n) is 3.61. The molecule has 0 saturated heterocycles. The van der Waals surface area contributed by atoms with Crippen molar-refractivity contribution in [1.82, 2.24) is 5.32 Å². The Labute approximate surface area is 91.3 Å². The van der Waals surface area contributed by atoms with Crippen LogP contribution in [0.1, 0.15) is 39.0 Å². The summed E-state index contributed by atoms with van der Waals surface area (Å²) >= 11 is 0. The van der Waals surface area contributed by atoms with Gasteiger partial charge in [-0.1, -0.05) is 19.8 Å². The highest BCUT2D eigenvalue weighted by atomic mass is 16.3. The molecule has 1 fully saturated rings. The second kappa shape index (κ2) is 5.25. The number of nitrogens with one attached hydrogen (secondary N) is 1. The molecule has 0 amide bonds. The van der Waals surface area contributed by atoms with Gasteiger partial charge >= 0.3 is 0 Å². The minimum Gasteiger partial charge on any atom is -0.394 e. The van der Waals surface area contributed by atoms with Gasteiger partial charge in [0, 0.05) is 6.54 Å². The molecular weight excluding hydrogens is 194 g/mol. The van der Waals surface area contributed by atoms with Crippen LogP contribution >= 0.6 is 0 Å². The van der Waals surface area contributed by atoms with Crippen LogP contribution in [0.2, 0.25) is 0 Å². The van der Waals surface area contributed by atoms with Crippen LogP contribution in [0.4, 0.5) is 0 Å². The van der Waals surface area contributed by atoms with Gasteiger partial charge in [0.05, 0.1) is 24.4 Å². The number of hydrogen-bond donors (Lipinski definition) is 4. The van der Waals surface area contributed by atoms with Crippen molar-refractivity contribution in [2.24, 2.45) is 0 Å². The Hall–Kier alpha value is -0.160. The van der Waals surface area contributed by atoms with Crippen molar-refractivity contribution in [3.05, 3.63) is 0 Å². The lowest BCUT2D eigenvalue weighted by molar-refractivity contribution is 0.0188. The van der Waals surface area contributed by atoms with E-state index in [1.54, 1.807) is 0 Å². The zero-order valence-electron chi connectivity index (χ0n) is 9.50. The topological polar surface area (TPSA) is 72.7 Å². The standard InChI is InChI=1S/C11H23NO3/c1-2-10(8-13,9-14)12-7-11(15)5-3-4-6-11/h12-15H,2-9H2,1H3. The first-order valence-corrected chi connectivity index (χ1v) is 5.79. The van der Waals surface area contributed by atoms with E-state index in [0.717, 1.165) is 25.7 Å². The predicted octanol–water partition coefficient (Wildman–Crippen LogP) is 0.0145. The second-order valence-corrected chi connectivity index (χ2v) is 4.74. The molecule has 0 unspecified atom stereocenters. The fraction of sp³-hybridized carbons (Fsp3) is 1.00. The maximum absolute atomic E-state index is 10.1. The minimum absolute atomic E-state index is 0.101. The Bertz CT molecular complexity index is 178. The number of hydrogen-bond acceptors (Lipinski definition) is 4. The Morgan fingerprint density at radius 2 is 1.73 bits per heavy atom. The summed E-state index contributed by atoms with van der Waals surface area (Å²) in [6.07, 6.45) is 4.41. The maximum Gasteiger partial charge on any atom is 0.0771 e. The van der Waals surface area contributed by atoms with Crippen molar-refractivity contribution in [3.8, 4) is 0 Å². The van der Waals surface area contributed by atoms with Crippen LogP contribution in [0, 0.1) is 0 Å². The van der Waals surface area contributed by atoms with Gasteiger partial charge in [-0.15, -0.1) is 0 Å². The predicted molar refractivity (Wildman–Crippen MR) is 58.6 cm³/mol. The van der Waals surface area contributed by atoms with Crippen LogP contribution in [0.3, 0.4) is 0 Å². The molecule has 15 heavy (non-hydrogen) atoms. The van der Waals surface area contributed by atoms with Crippen molar-refractivity contribution in [2.45, 2.75) is 50.2 Å². The average molecular weight is 217 g/mol. The van der Waals surface area contributed by atoms with E-state index in [-0.39, 0.29) is 13.2 Å². The van der Waals surface area contributed by atoms with Crippen molar-refractivity contribution < 1.29 is 15.3 Å². The first-order valence-electron chi connectivity index (χ1n) is 5.79. The van der Waals surface area contributed by atoms with E-state index in [2.05, 4.69) is 5.32 Å². The van der Waals surface area contributed by atoms with E-state index in [1.807, 2.05) is 6.92 Å². The summed E-state index contributed by atoms with van der Waals surface area (Å²) in [4.78, 5) is 0. The SMILES string of the molecule is CCC(CO)(CO)NCC1(O)CCCC1. The first-order chi connectivity index (χ1) is 7.10. The molecule has 90 valence electrons. The Kier molecular flexibility index (Phi) is 4.52. The average Bonchev–Trinajstić information content (AvgIpc) is 2.69. The molecule has 0 spiro atoms. The molecule has 1 aliphatic carbocycles. The highest BCUT2D eigenvalue weighted by Gasteiger charge is 2.34. The fourth-order valence-electron chi connectivity index (χ4n) is 2.07. The van der Waals surface area contributed by atoms with Crippen molar-refractivity contribution in [1.29, 1.82) is 0 Å². The van der Waals surface area contributed by atoms with Gasteiger partial charge in [0.2, 0.25) is 0 Å². The maximum atomic E-state index is 10.1. The molecule has 0 radical (unpaired) electrons. The number of β-amino-alcohol motifs (C(OH)–C–C–N with tert-alkyl or cyclic N) is 1. The number of rotatable bonds is 6. The molecule has 4 N–H and O–H groups in total. The second-order valence-electron chi connectivity index (χ2n) is 4.74. The van der Waals surface area contributed by atoms with E-state index in [1.165, 1.54) is 0 Å². The molecule has 0 aromatic carbocycles.